The first kappa shape index (κ1) is 12.0. The molecule has 1 aromatic carbocycles. The molecule has 2 rings (SSSR count). The first-order chi connectivity index (χ1) is 8.06. The Hall–Kier alpha value is -1.48. The zero-order chi connectivity index (χ0) is 12.5. The molecule has 0 bridgehead atoms. The number of hydrogen-bond donors (Lipinski definition) is 2. The summed E-state index contributed by atoms with van der Waals surface area (Å²) in [5.74, 6) is 0.877. The van der Waals surface area contributed by atoms with Gasteiger partial charge in [-0.1, -0.05) is 13.8 Å². The van der Waals surface area contributed by atoms with Gasteiger partial charge in [-0.15, -0.1) is 0 Å². The van der Waals surface area contributed by atoms with E-state index in [4.69, 9.17) is 10.5 Å². The van der Waals surface area contributed by atoms with E-state index in [1.807, 2.05) is 12.1 Å². The fourth-order valence-electron chi connectivity index (χ4n) is 2.09. The minimum atomic E-state index is 0.0843. The molecule has 0 unspecified atom stereocenters. The summed E-state index contributed by atoms with van der Waals surface area (Å²) in [5.41, 5.74) is 8.09. The number of aromatic nitrogens is 1. The molecular weight excluding hydrogens is 212 g/mol. The molecule has 0 saturated carbocycles. The van der Waals surface area contributed by atoms with Crippen LogP contribution in [-0.4, -0.2) is 18.6 Å². The monoisotopic (exact) mass is 232 g/mol. The summed E-state index contributed by atoms with van der Waals surface area (Å²) < 4.78 is 5.22. The van der Waals surface area contributed by atoms with Crippen molar-refractivity contribution in [2.75, 3.05) is 13.7 Å². The second kappa shape index (κ2) is 4.41. The number of nitrogens with two attached hydrogens (primary N) is 1. The third kappa shape index (κ3) is 2.29. The van der Waals surface area contributed by atoms with Crippen LogP contribution in [-0.2, 0) is 5.41 Å². The summed E-state index contributed by atoms with van der Waals surface area (Å²) in [5, 5.41) is 1.21. The van der Waals surface area contributed by atoms with Crippen LogP contribution in [0.3, 0.4) is 0 Å². The van der Waals surface area contributed by atoms with E-state index >= 15 is 0 Å². The molecular formula is C14H20N2O. The van der Waals surface area contributed by atoms with Crippen molar-refractivity contribution < 1.29 is 4.74 Å². The average Bonchev–Trinajstić information content (AvgIpc) is 2.72. The Morgan fingerprint density at radius 1 is 1.29 bits per heavy atom. The van der Waals surface area contributed by atoms with Crippen molar-refractivity contribution >= 4 is 10.9 Å². The molecule has 1 heterocycles. The van der Waals surface area contributed by atoms with Gasteiger partial charge in [-0.05, 0) is 36.6 Å². The Bertz CT molecular complexity index is 514. The highest BCUT2D eigenvalue weighted by Gasteiger charge is 2.21. The van der Waals surface area contributed by atoms with Gasteiger partial charge in [-0.2, -0.15) is 0 Å². The van der Waals surface area contributed by atoms with Gasteiger partial charge in [0, 0.05) is 22.7 Å². The van der Waals surface area contributed by atoms with Crippen molar-refractivity contribution in [3.63, 3.8) is 0 Å². The molecule has 0 aliphatic rings. The van der Waals surface area contributed by atoms with E-state index in [1.165, 1.54) is 11.1 Å². The summed E-state index contributed by atoms with van der Waals surface area (Å²) in [6.45, 7) is 5.12. The number of ether oxygens (including phenoxy) is 1. The van der Waals surface area contributed by atoms with Crippen LogP contribution in [0.15, 0.2) is 24.3 Å². The molecule has 3 N–H and O–H groups in total. The molecule has 0 spiro atoms. The summed E-state index contributed by atoms with van der Waals surface area (Å²) >= 11 is 0. The molecule has 0 amide bonds. The largest absolute Gasteiger partial charge is 0.497 e. The first-order valence-corrected chi connectivity index (χ1v) is 5.94. The number of methoxy groups -OCH3 is 1. The van der Waals surface area contributed by atoms with Gasteiger partial charge in [-0.25, -0.2) is 0 Å². The van der Waals surface area contributed by atoms with Crippen molar-refractivity contribution in [2.24, 2.45) is 5.73 Å². The van der Waals surface area contributed by atoms with Crippen LogP contribution in [0.5, 0.6) is 5.75 Å². The van der Waals surface area contributed by atoms with Crippen LogP contribution in [0.2, 0.25) is 0 Å². The van der Waals surface area contributed by atoms with E-state index in [-0.39, 0.29) is 5.41 Å². The van der Waals surface area contributed by atoms with Crippen LogP contribution < -0.4 is 10.5 Å². The van der Waals surface area contributed by atoms with Gasteiger partial charge in [0.05, 0.1) is 7.11 Å². The van der Waals surface area contributed by atoms with Crippen LogP contribution in [0.25, 0.3) is 10.9 Å². The number of fused-ring (bicyclic) bond motifs is 1. The van der Waals surface area contributed by atoms with Crippen molar-refractivity contribution in [1.29, 1.82) is 0 Å². The van der Waals surface area contributed by atoms with Gasteiger partial charge in [0.15, 0.2) is 0 Å². The van der Waals surface area contributed by atoms with Gasteiger partial charge in [-0.3, -0.25) is 0 Å². The lowest BCUT2D eigenvalue weighted by Crippen LogP contribution is -2.21. The van der Waals surface area contributed by atoms with Crippen molar-refractivity contribution in [3.05, 3.63) is 30.0 Å². The molecule has 0 aliphatic heterocycles. The molecule has 92 valence electrons. The predicted molar refractivity (Wildman–Crippen MR) is 71.5 cm³/mol. The second-order valence-corrected chi connectivity index (χ2v) is 5.06. The Kier molecular flexibility index (Phi) is 3.11. The molecule has 0 aliphatic carbocycles. The second-order valence-electron chi connectivity index (χ2n) is 5.06. The fraction of sp³-hybridized carbons (Fsp3) is 0.429. The third-order valence-electron chi connectivity index (χ3n) is 3.33. The smallest absolute Gasteiger partial charge is 0.120 e. The van der Waals surface area contributed by atoms with Gasteiger partial charge in [0.25, 0.3) is 0 Å². The molecule has 0 radical (unpaired) electrons. The number of rotatable bonds is 4. The van der Waals surface area contributed by atoms with E-state index in [1.54, 1.807) is 7.11 Å². The molecule has 0 fully saturated rings. The zero-order valence-electron chi connectivity index (χ0n) is 10.7. The Morgan fingerprint density at radius 3 is 2.71 bits per heavy atom. The number of nitrogens with one attached hydrogen (secondary N) is 1. The Morgan fingerprint density at radius 2 is 2.06 bits per heavy atom. The lowest BCUT2D eigenvalue weighted by Gasteiger charge is -2.22. The normalized spacial score (nSPS) is 12.0. The molecule has 17 heavy (non-hydrogen) atoms. The van der Waals surface area contributed by atoms with E-state index in [2.05, 4.69) is 31.0 Å². The lowest BCUT2D eigenvalue weighted by molar-refractivity contribution is 0.415. The number of hydrogen-bond acceptors (Lipinski definition) is 2. The molecule has 3 heteroatoms. The van der Waals surface area contributed by atoms with Crippen LogP contribution >= 0.6 is 0 Å². The number of benzene rings is 1. The SMILES string of the molecule is COc1ccc2cc(C(C)(C)CCN)[nH]c2c1. The van der Waals surface area contributed by atoms with Crippen LogP contribution in [0.4, 0.5) is 0 Å². The lowest BCUT2D eigenvalue weighted by atomic mass is 9.86. The number of aromatic amines is 1. The summed E-state index contributed by atoms with van der Waals surface area (Å²) in [7, 11) is 1.68. The van der Waals surface area contributed by atoms with E-state index in [0.717, 1.165) is 17.7 Å². The molecule has 2 aromatic rings. The van der Waals surface area contributed by atoms with Crippen molar-refractivity contribution in [2.45, 2.75) is 25.7 Å². The zero-order valence-corrected chi connectivity index (χ0v) is 10.7. The van der Waals surface area contributed by atoms with E-state index < -0.39 is 0 Å². The molecule has 3 nitrogen and oxygen atoms in total. The topological polar surface area (TPSA) is 51.0 Å². The van der Waals surface area contributed by atoms with Gasteiger partial charge >= 0.3 is 0 Å². The van der Waals surface area contributed by atoms with Crippen LogP contribution in [0.1, 0.15) is 26.0 Å². The van der Waals surface area contributed by atoms with E-state index in [0.29, 0.717) is 6.54 Å². The minimum absolute atomic E-state index is 0.0843. The van der Waals surface area contributed by atoms with Crippen molar-refractivity contribution in [3.8, 4) is 5.75 Å². The highest BCUT2D eigenvalue weighted by atomic mass is 16.5. The maximum Gasteiger partial charge on any atom is 0.120 e. The highest BCUT2D eigenvalue weighted by Crippen LogP contribution is 2.30. The van der Waals surface area contributed by atoms with E-state index in [9.17, 15) is 0 Å². The first-order valence-electron chi connectivity index (χ1n) is 5.94. The Balaban J connectivity index is 2.44. The van der Waals surface area contributed by atoms with Gasteiger partial charge in [0.2, 0.25) is 0 Å². The summed E-state index contributed by atoms with van der Waals surface area (Å²) in [6.07, 6.45) is 0.969. The standard InChI is InChI=1S/C14H20N2O/c1-14(2,6-7-15)13-8-10-4-5-11(17-3)9-12(10)16-13/h4-5,8-9,16H,6-7,15H2,1-3H3. The van der Waals surface area contributed by atoms with Gasteiger partial charge in [0.1, 0.15) is 5.75 Å². The average molecular weight is 232 g/mol. The Labute approximate surface area is 102 Å². The third-order valence-corrected chi connectivity index (χ3v) is 3.33. The maximum absolute atomic E-state index is 5.66. The summed E-state index contributed by atoms with van der Waals surface area (Å²) in [6, 6.07) is 8.28. The number of H-pyrrole nitrogens is 1. The molecule has 0 atom stereocenters. The molecule has 0 saturated heterocycles. The minimum Gasteiger partial charge on any atom is -0.497 e. The van der Waals surface area contributed by atoms with Crippen molar-refractivity contribution in [1.82, 2.24) is 4.98 Å². The van der Waals surface area contributed by atoms with Gasteiger partial charge < -0.3 is 15.5 Å². The highest BCUT2D eigenvalue weighted by molar-refractivity contribution is 5.82. The maximum atomic E-state index is 5.66. The quantitative estimate of drug-likeness (QED) is 0.851. The fourth-order valence-corrected chi connectivity index (χ4v) is 2.09. The summed E-state index contributed by atoms with van der Waals surface area (Å²) in [4.78, 5) is 3.46. The predicted octanol–water partition coefficient (Wildman–Crippen LogP) is 2.80. The molecule has 1 aromatic heterocycles. The van der Waals surface area contributed by atoms with Crippen LogP contribution in [0, 0.1) is 0 Å².